The normalized spacial score (nSPS) is 15.0. The molecule has 1 atom stereocenters. The van der Waals surface area contributed by atoms with Gasteiger partial charge in [0.1, 0.15) is 12.6 Å². The Labute approximate surface area is 209 Å². The number of hydrogen-bond donors (Lipinski definition) is 1. The molecule has 0 aromatic heterocycles. The molecule has 3 rings (SSSR count). The van der Waals surface area contributed by atoms with Gasteiger partial charge in [-0.1, -0.05) is 61.7 Å². The molecule has 0 radical (unpaired) electrons. The number of amides is 2. The zero-order valence-electron chi connectivity index (χ0n) is 21.2. The predicted molar refractivity (Wildman–Crippen MR) is 140 cm³/mol. The molecule has 0 spiro atoms. The van der Waals surface area contributed by atoms with E-state index in [4.69, 9.17) is 0 Å². The van der Waals surface area contributed by atoms with Crippen molar-refractivity contribution in [2.24, 2.45) is 0 Å². The first kappa shape index (κ1) is 26.7. The number of sulfonamides is 1. The van der Waals surface area contributed by atoms with Crippen LogP contribution in [0.3, 0.4) is 0 Å². The summed E-state index contributed by atoms with van der Waals surface area (Å²) in [6.45, 7) is 5.54. The van der Waals surface area contributed by atoms with Crippen molar-refractivity contribution in [1.82, 2.24) is 10.2 Å². The van der Waals surface area contributed by atoms with Crippen LogP contribution >= 0.6 is 0 Å². The Hall–Kier alpha value is -2.87. The van der Waals surface area contributed by atoms with E-state index in [9.17, 15) is 18.0 Å². The van der Waals surface area contributed by atoms with Crippen LogP contribution in [0.4, 0.5) is 5.69 Å². The summed E-state index contributed by atoms with van der Waals surface area (Å²) >= 11 is 0. The lowest BCUT2D eigenvalue weighted by Crippen LogP contribution is -2.52. The van der Waals surface area contributed by atoms with Crippen molar-refractivity contribution in [3.05, 3.63) is 65.2 Å². The average Bonchev–Trinajstić information content (AvgIpc) is 3.33. The number of nitrogens with zero attached hydrogens (tertiary/aromatic N) is 2. The number of anilines is 1. The highest BCUT2D eigenvalue weighted by molar-refractivity contribution is 7.92. The van der Waals surface area contributed by atoms with Gasteiger partial charge in [0.15, 0.2) is 0 Å². The summed E-state index contributed by atoms with van der Waals surface area (Å²) < 4.78 is 26.4. The maximum Gasteiger partial charge on any atom is 0.244 e. The molecule has 190 valence electrons. The molecule has 0 bridgehead atoms. The molecule has 2 aromatic rings. The molecule has 35 heavy (non-hydrogen) atoms. The molecule has 0 aliphatic heterocycles. The molecule has 0 saturated heterocycles. The summed E-state index contributed by atoms with van der Waals surface area (Å²) in [5.74, 6) is -0.637. The Bertz CT molecular complexity index is 1130. The van der Waals surface area contributed by atoms with E-state index in [1.165, 1.54) is 4.90 Å². The smallest absolute Gasteiger partial charge is 0.244 e. The Kier molecular flexibility index (Phi) is 8.94. The molecule has 1 aliphatic rings. The van der Waals surface area contributed by atoms with E-state index in [1.807, 2.05) is 50.2 Å². The van der Waals surface area contributed by atoms with Crippen LogP contribution in [0, 0.1) is 6.92 Å². The van der Waals surface area contributed by atoms with Gasteiger partial charge in [0, 0.05) is 12.6 Å². The second-order valence-electron chi connectivity index (χ2n) is 9.47. The summed E-state index contributed by atoms with van der Waals surface area (Å²) in [5, 5.41) is 3.07. The third-order valence-corrected chi connectivity index (χ3v) is 7.76. The predicted octanol–water partition coefficient (Wildman–Crippen LogP) is 3.80. The fraction of sp³-hybridized carbons (Fsp3) is 0.481. The molecule has 2 amide bonds. The molecular weight excluding hydrogens is 462 g/mol. The van der Waals surface area contributed by atoms with Crippen LogP contribution in [0.25, 0.3) is 0 Å². The maximum atomic E-state index is 13.6. The van der Waals surface area contributed by atoms with Gasteiger partial charge in [-0.05, 0) is 56.4 Å². The summed E-state index contributed by atoms with van der Waals surface area (Å²) in [6.07, 6.45) is 5.99. The molecule has 1 N–H and O–H groups in total. The van der Waals surface area contributed by atoms with Crippen molar-refractivity contribution < 1.29 is 18.0 Å². The number of carbonyl (C=O) groups is 2. The van der Waals surface area contributed by atoms with Crippen molar-refractivity contribution in [2.75, 3.05) is 17.1 Å². The van der Waals surface area contributed by atoms with Crippen LogP contribution in [0.15, 0.2) is 48.5 Å². The summed E-state index contributed by atoms with van der Waals surface area (Å²) in [4.78, 5) is 28.2. The highest BCUT2D eigenvalue weighted by atomic mass is 32.2. The zero-order valence-corrected chi connectivity index (χ0v) is 22.0. The fourth-order valence-corrected chi connectivity index (χ4v) is 5.34. The highest BCUT2D eigenvalue weighted by Gasteiger charge is 2.31. The number of carbonyl (C=O) groups excluding carboxylic acids is 2. The zero-order chi connectivity index (χ0) is 25.6. The minimum Gasteiger partial charge on any atom is -0.352 e. The quantitative estimate of drug-likeness (QED) is 0.539. The van der Waals surface area contributed by atoms with Gasteiger partial charge in [-0.25, -0.2) is 8.42 Å². The minimum absolute atomic E-state index is 0.130. The van der Waals surface area contributed by atoms with E-state index in [1.54, 1.807) is 19.1 Å². The second kappa shape index (κ2) is 11.7. The molecule has 1 fully saturated rings. The van der Waals surface area contributed by atoms with Gasteiger partial charge >= 0.3 is 0 Å². The topological polar surface area (TPSA) is 86.8 Å². The SMILES string of the molecule is CCc1ccc(N(CC(=O)N(Cc2cccc(C)c2)C(C)C(=O)NC2CCCC2)S(C)(=O)=O)cc1. The second-order valence-corrected chi connectivity index (χ2v) is 11.4. The van der Waals surface area contributed by atoms with E-state index in [2.05, 4.69) is 5.32 Å². The number of nitrogens with one attached hydrogen (secondary N) is 1. The summed E-state index contributed by atoms with van der Waals surface area (Å²) in [7, 11) is -3.73. The van der Waals surface area contributed by atoms with Crippen molar-refractivity contribution in [3.8, 4) is 0 Å². The molecular formula is C27H37N3O4S. The first-order valence-corrected chi connectivity index (χ1v) is 14.2. The van der Waals surface area contributed by atoms with E-state index in [0.717, 1.165) is 59.4 Å². The average molecular weight is 500 g/mol. The first-order valence-electron chi connectivity index (χ1n) is 12.3. The lowest BCUT2D eigenvalue weighted by Gasteiger charge is -2.32. The van der Waals surface area contributed by atoms with Gasteiger partial charge in [0.2, 0.25) is 21.8 Å². The van der Waals surface area contributed by atoms with E-state index < -0.39 is 22.0 Å². The van der Waals surface area contributed by atoms with Crippen LogP contribution in [-0.2, 0) is 32.6 Å². The van der Waals surface area contributed by atoms with Gasteiger partial charge < -0.3 is 10.2 Å². The Morgan fingerprint density at radius 2 is 1.71 bits per heavy atom. The number of benzene rings is 2. The Morgan fingerprint density at radius 3 is 2.29 bits per heavy atom. The fourth-order valence-electron chi connectivity index (χ4n) is 4.49. The van der Waals surface area contributed by atoms with Crippen LogP contribution in [0.5, 0.6) is 0 Å². The van der Waals surface area contributed by atoms with E-state index >= 15 is 0 Å². The molecule has 1 unspecified atom stereocenters. The van der Waals surface area contributed by atoms with Gasteiger partial charge in [-0.15, -0.1) is 0 Å². The van der Waals surface area contributed by atoms with E-state index in [-0.39, 0.29) is 25.0 Å². The molecule has 7 nitrogen and oxygen atoms in total. The summed E-state index contributed by atoms with van der Waals surface area (Å²) in [6, 6.07) is 14.3. The van der Waals surface area contributed by atoms with Crippen LogP contribution in [0.2, 0.25) is 0 Å². The lowest BCUT2D eigenvalue weighted by molar-refractivity contribution is -0.139. The highest BCUT2D eigenvalue weighted by Crippen LogP contribution is 2.21. The first-order chi connectivity index (χ1) is 16.6. The van der Waals surface area contributed by atoms with Crippen LogP contribution in [-0.4, -0.2) is 50.0 Å². The Morgan fingerprint density at radius 1 is 1.06 bits per heavy atom. The standard InChI is InChI=1S/C27H37N3O4S/c1-5-22-13-15-25(16-14-22)30(35(4,33)34)19-26(31)29(18-23-10-8-9-20(2)17-23)21(3)27(32)28-24-11-6-7-12-24/h8-10,13-17,21,24H,5-7,11-12,18-19H2,1-4H3,(H,28,32). The van der Waals surface area contributed by atoms with Crippen LogP contribution < -0.4 is 9.62 Å². The van der Waals surface area contributed by atoms with Crippen molar-refractivity contribution in [2.45, 2.75) is 71.5 Å². The van der Waals surface area contributed by atoms with Crippen molar-refractivity contribution in [3.63, 3.8) is 0 Å². The molecule has 1 saturated carbocycles. The third kappa shape index (κ3) is 7.31. The molecule has 1 aliphatic carbocycles. The minimum atomic E-state index is -3.73. The van der Waals surface area contributed by atoms with E-state index in [0.29, 0.717) is 5.69 Å². The number of hydrogen-bond acceptors (Lipinski definition) is 4. The number of aryl methyl sites for hydroxylation is 2. The van der Waals surface area contributed by atoms with Crippen LogP contribution in [0.1, 0.15) is 56.2 Å². The molecule has 2 aromatic carbocycles. The van der Waals surface area contributed by atoms with Gasteiger partial charge in [-0.2, -0.15) is 0 Å². The van der Waals surface area contributed by atoms with Gasteiger partial charge in [0.05, 0.1) is 11.9 Å². The van der Waals surface area contributed by atoms with Crippen molar-refractivity contribution >= 4 is 27.5 Å². The van der Waals surface area contributed by atoms with Gasteiger partial charge in [0.25, 0.3) is 0 Å². The molecule has 8 heteroatoms. The Balaban J connectivity index is 1.87. The van der Waals surface area contributed by atoms with Crippen molar-refractivity contribution in [1.29, 1.82) is 0 Å². The maximum absolute atomic E-state index is 13.6. The lowest BCUT2D eigenvalue weighted by atomic mass is 10.1. The monoisotopic (exact) mass is 499 g/mol. The third-order valence-electron chi connectivity index (χ3n) is 6.62. The number of rotatable bonds is 10. The molecule has 0 heterocycles. The largest absolute Gasteiger partial charge is 0.352 e. The summed E-state index contributed by atoms with van der Waals surface area (Å²) in [5.41, 5.74) is 3.44. The van der Waals surface area contributed by atoms with Gasteiger partial charge in [-0.3, -0.25) is 13.9 Å².